The van der Waals surface area contributed by atoms with E-state index < -0.39 is 0 Å². The summed E-state index contributed by atoms with van der Waals surface area (Å²) in [5.41, 5.74) is 8.56. The molecule has 1 N–H and O–H groups in total. The van der Waals surface area contributed by atoms with E-state index in [9.17, 15) is 5.26 Å². The second-order valence-corrected chi connectivity index (χ2v) is 14.5. The van der Waals surface area contributed by atoms with Gasteiger partial charge in [0.05, 0.1) is 10.6 Å². The third-order valence-electron chi connectivity index (χ3n) is 10.6. The zero-order chi connectivity index (χ0) is 34.0. The molecule has 0 aliphatic carbocycles. The summed E-state index contributed by atoms with van der Waals surface area (Å²) in [4.78, 5) is 11.6. The average Bonchev–Trinajstić information content (AvgIpc) is 3.73. The van der Waals surface area contributed by atoms with Crippen LogP contribution >= 0.6 is 11.6 Å². The van der Waals surface area contributed by atoms with Crippen molar-refractivity contribution in [3.05, 3.63) is 106 Å². The molecule has 0 spiro atoms. The Labute approximate surface area is 298 Å². The SMILES string of the molecule is Cc1c(COc2cc(OCc3cncc(C#N)c3)c(CN3CCCCC3)cc2Cl)cccc1-c1ccc2oc(C3CC4CCC(C3)N4)nc2c1. The summed E-state index contributed by atoms with van der Waals surface area (Å²) in [5, 5.41) is 13.6. The Kier molecular flexibility index (Phi) is 9.46. The van der Waals surface area contributed by atoms with Gasteiger partial charge >= 0.3 is 0 Å². The number of piperidine rings is 2. The number of halogens is 1. The Morgan fingerprint density at radius 3 is 2.58 bits per heavy atom. The molecule has 5 aromatic rings. The molecule has 0 saturated carbocycles. The van der Waals surface area contributed by atoms with Crippen molar-refractivity contribution in [1.29, 1.82) is 5.26 Å². The minimum absolute atomic E-state index is 0.286. The molecule has 5 heterocycles. The van der Waals surface area contributed by atoms with E-state index in [0.29, 0.717) is 40.9 Å². The fraction of sp³-hybridized carbons (Fsp3) is 0.390. The fourth-order valence-electron chi connectivity index (χ4n) is 7.95. The van der Waals surface area contributed by atoms with Crippen molar-refractivity contribution in [2.24, 2.45) is 0 Å². The van der Waals surface area contributed by atoms with E-state index in [1.807, 2.05) is 12.1 Å². The van der Waals surface area contributed by atoms with Gasteiger partial charge in [0, 0.05) is 54.1 Å². The molecule has 2 atom stereocenters. The third-order valence-corrected chi connectivity index (χ3v) is 10.9. The Bertz CT molecular complexity index is 2040. The van der Waals surface area contributed by atoms with Crippen LogP contribution in [0.15, 0.2) is 71.4 Å². The van der Waals surface area contributed by atoms with Crippen molar-refractivity contribution in [2.75, 3.05) is 13.1 Å². The lowest BCUT2D eigenvalue weighted by atomic mass is 9.92. The van der Waals surface area contributed by atoms with Crippen LogP contribution in [0.1, 0.15) is 84.6 Å². The van der Waals surface area contributed by atoms with E-state index in [2.05, 4.69) is 64.6 Å². The molecule has 3 aromatic carbocycles. The van der Waals surface area contributed by atoms with E-state index in [0.717, 1.165) is 88.6 Å². The molecule has 2 unspecified atom stereocenters. The minimum Gasteiger partial charge on any atom is -0.488 e. The van der Waals surface area contributed by atoms with Gasteiger partial charge < -0.3 is 19.2 Å². The number of oxazole rings is 1. The molecule has 8 nitrogen and oxygen atoms in total. The van der Waals surface area contributed by atoms with Crippen LogP contribution in [0.2, 0.25) is 5.02 Å². The first-order valence-corrected chi connectivity index (χ1v) is 18.3. The molecule has 3 fully saturated rings. The molecule has 50 heavy (non-hydrogen) atoms. The van der Waals surface area contributed by atoms with Crippen LogP contribution in [0, 0.1) is 18.3 Å². The van der Waals surface area contributed by atoms with Gasteiger partial charge in [-0.25, -0.2) is 4.98 Å². The standard InChI is InChI=1S/C41H42ClN5O3/c1-26-30(6-5-7-35(26)29-8-11-38-37(18-29)46-41(50-38)31-15-33-9-10-34(16-31)45-33)25-49-40-19-39(48-24-28-14-27(20-43)21-44-22-28)32(17-36(40)42)23-47-12-3-2-4-13-47/h5-8,11,14,17-19,21-22,31,33-34,45H,2-4,9-10,12-13,15-16,23-25H2,1H3. The van der Waals surface area contributed by atoms with Crippen molar-refractivity contribution < 1.29 is 13.9 Å². The molecule has 0 amide bonds. The summed E-state index contributed by atoms with van der Waals surface area (Å²) >= 11 is 6.88. The van der Waals surface area contributed by atoms with E-state index in [1.54, 1.807) is 18.5 Å². The lowest BCUT2D eigenvalue weighted by Crippen LogP contribution is -2.37. The summed E-state index contributed by atoms with van der Waals surface area (Å²) in [5.74, 6) is 2.56. The van der Waals surface area contributed by atoms with Crippen LogP contribution in [0.5, 0.6) is 11.5 Å². The number of likely N-dealkylation sites (tertiary alicyclic amines) is 1. The van der Waals surface area contributed by atoms with Crippen molar-refractivity contribution in [1.82, 2.24) is 20.2 Å². The van der Waals surface area contributed by atoms with Gasteiger partial charge in [-0.3, -0.25) is 9.88 Å². The van der Waals surface area contributed by atoms with Crippen LogP contribution in [0.4, 0.5) is 0 Å². The summed E-state index contributed by atoms with van der Waals surface area (Å²) < 4.78 is 19.1. The molecule has 2 aromatic heterocycles. The predicted octanol–water partition coefficient (Wildman–Crippen LogP) is 8.87. The van der Waals surface area contributed by atoms with Crippen molar-refractivity contribution in [3.63, 3.8) is 0 Å². The molecule has 3 aliphatic rings. The number of nitriles is 1. The van der Waals surface area contributed by atoms with Gasteiger partial charge in [0.2, 0.25) is 0 Å². The number of nitrogens with zero attached hydrogens (tertiary/aromatic N) is 4. The van der Waals surface area contributed by atoms with Crippen molar-refractivity contribution in [3.8, 4) is 28.7 Å². The predicted molar refractivity (Wildman–Crippen MR) is 194 cm³/mol. The summed E-state index contributed by atoms with van der Waals surface area (Å²) in [6.07, 6.45) is 11.7. The van der Waals surface area contributed by atoms with Crippen molar-refractivity contribution >= 4 is 22.7 Å². The fourth-order valence-corrected chi connectivity index (χ4v) is 8.19. The second-order valence-electron chi connectivity index (χ2n) is 14.1. The topological polar surface area (TPSA) is 96.4 Å². The molecule has 3 aliphatic heterocycles. The number of pyridine rings is 1. The summed E-state index contributed by atoms with van der Waals surface area (Å²) in [7, 11) is 0. The quantitative estimate of drug-likeness (QED) is 0.156. The lowest BCUT2D eigenvalue weighted by molar-refractivity contribution is 0.214. The van der Waals surface area contributed by atoms with Crippen molar-refractivity contribution in [2.45, 2.75) is 89.6 Å². The highest BCUT2D eigenvalue weighted by molar-refractivity contribution is 6.32. The first-order chi connectivity index (χ1) is 24.5. The molecular formula is C41H42ClN5O3. The first kappa shape index (κ1) is 32.8. The van der Waals surface area contributed by atoms with Gasteiger partial charge in [-0.05, 0) is 105 Å². The number of nitrogens with one attached hydrogen (secondary N) is 1. The first-order valence-electron chi connectivity index (χ1n) is 17.9. The number of fused-ring (bicyclic) bond motifs is 3. The zero-order valence-corrected chi connectivity index (χ0v) is 29.2. The van der Waals surface area contributed by atoms with E-state index >= 15 is 0 Å². The molecule has 3 saturated heterocycles. The molecule has 0 radical (unpaired) electrons. The molecule has 256 valence electrons. The number of ether oxygens (including phenoxy) is 2. The maximum absolute atomic E-state index is 9.32. The van der Waals surface area contributed by atoms with Crippen LogP contribution < -0.4 is 14.8 Å². The highest BCUT2D eigenvalue weighted by atomic mass is 35.5. The molecule has 8 rings (SSSR count). The monoisotopic (exact) mass is 687 g/mol. The highest BCUT2D eigenvalue weighted by Gasteiger charge is 2.36. The largest absolute Gasteiger partial charge is 0.488 e. The molecule has 2 bridgehead atoms. The maximum Gasteiger partial charge on any atom is 0.198 e. The summed E-state index contributed by atoms with van der Waals surface area (Å²) in [6.45, 7) is 5.65. The number of rotatable bonds is 10. The van der Waals surface area contributed by atoms with Crippen LogP contribution in [-0.2, 0) is 19.8 Å². The highest BCUT2D eigenvalue weighted by Crippen LogP contribution is 2.39. The Morgan fingerprint density at radius 1 is 0.940 bits per heavy atom. The second kappa shape index (κ2) is 14.4. The number of benzene rings is 3. The van der Waals surface area contributed by atoms with Gasteiger partial charge in [-0.1, -0.05) is 42.3 Å². The summed E-state index contributed by atoms with van der Waals surface area (Å²) in [6, 6.07) is 21.7. The van der Waals surface area contributed by atoms with Gasteiger partial charge in [-0.15, -0.1) is 0 Å². The smallest absolute Gasteiger partial charge is 0.198 e. The van der Waals surface area contributed by atoms with Crippen LogP contribution in [0.25, 0.3) is 22.2 Å². The third kappa shape index (κ3) is 7.09. The average molecular weight is 688 g/mol. The minimum atomic E-state index is 0.286. The van der Waals surface area contributed by atoms with Gasteiger partial charge in [-0.2, -0.15) is 5.26 Å². The van der Waals surface area contributed by atoms with E-state index in [1.165, 1.54) is 32.1 Å². The number of hydrogen-bond acceptors (Lipinski definition) is 8. The molecular weight excluding hydrogens is 646 g/mol. The van der Waals surface area contributed by atoms with E-state index in [-0.39, 0.29) is 6.61 Å². The number of hydrogen-bond donors (Lipinski definition) is 1. The van der Waals surface area contributed by atoms with Crippen LogP contribution in [-0.4, -0.2) is 40.0 Å². The van der Waals surface area contributed by atoms with Gasteiger partial charge in [0.25, 0.3) is 0 Å². The zero-order valence-electron chi connectivity index (χ0n) is 28.5. The number of aromatic nitrogens is 2. The van der Waals surface area contributed by atoms with Gasteiger partial charge in [0.15, 0.2) is 11.5 Å². The lowest BCUT2D eigenvalue weighted by Gasteiger charge is -2.27. The Hall–Kier alpha value is -4.42. The maximum atomic E-state index is 9.32. The Balaban J connectivity index is 1.01. The Morgan fingerprint density at radius 2 is 1.76 bits per heavy atom. The normalized spacial score (nSPS) is 20.5. The molecule has 9 heteroatoms. The van der Waals surface area contributed by atoms with Gasteiger partial charge in [0.1, 0.15) is 36.3 Å². The van der Waals surface area contributed by atoms with E-state index in [4.69, 9.17) is 30.5 Å². The van der Waals surface area contributed by atoms with Crippen LogP contribution in [0.3, 0.4) is 0 Å².